The van der Waals surface area contributed by atoms with Gasteiger partial charge in [-0.2, -0.15) is 15.2 Å². The molecular weight excluding hydrogens is 526 g/mol. The van der Waals surface area contributed by atoms with Gasteiger partial charge in [-0.15, -0.1) is 0 Å². The molecule has 1 amide bonds. The van der Waals surface area contributed by atoms with Gasteiger partial charge in [0.2, 0.25) is 5.91 Å². The number of fused-ring (bicyclic) bond motifs is 2. The number of likely N-dealkylation sites (N-methyl/N-ethyl adjacent to an activating group) is 1. The zero-order valence-electron chi connectivity index (χ0n) is 24.9. The fourth-order valence-corrected chi connectivity index (χ4v) is 7.50. The van der Waals surface area contributed by atoms with Gasteiger partial charge in [-0.25, -0.2) is 0 Å². The molecule has 0 bridgehead atoms. The molecule has 9 heteroatoms. The zero-order valence-corrected chi connectivity index (χ0v) is 24.9. The van der Waals surface area contributed by atoms with Crippen LogP contribution in [-0.4, -0.2) is 89.7 Å². The first kappa shape index (κ1) is 28.5. The Bertz CT molecular complexity index is 1340. The lowest BCUT2D eigenvalue weighted by Gasteiger charge is -2.43. The summed E-state index contributed by atoms with van der Waals surface area (Å²) in [5, 5.41) is 9.54. The molecule has 0 unspecified atom stereocenters. The van der Waals surface area contributed by atoms with Crippen molar-refractivity contribution < 1.29 is 9.53 Å². The number of carbonyl (C=O) groups is 1. The fourth-order valence-electron chi connectivity index (χ4n) is 7.50. The molecule has 1 aromatic heterocycles. The van der Waals surface area contributed by atoms with E-state index < -0.39 is 0 Å². The van der Waals surface area contributed by atoms with Crippen molar-refractivity contribution in [2.75, 3.05) is 55.7 Å². The molecule has 0 N–H and O–H groups in total. The van der Waals surface area contributed by atoms with Crippen molar-refractivity contribution in [3.05, 3.63) is 53.7 Å². The Balaban J connectivity index is 1.29. The van der Waals surface area contributed by atoms with Gasteiger partial charge in [0, 0.05) is 55.9 Å². The lowest BCUT2D eigenvalue weighted by atomic mass is 9.88. The highest BCUT2D eigenvalue weighted by atomic mass is 16.5. The third kappa shape index (κ3) is 5.69. The van der Waals surface area contributed by atoms with Crippen LogP contribution in [0, 0.1) is 11.3 Å². The smallest absolute Gasteiger partial charge is 0.318 e. The van der Waals surface area contributed by atoms with Crippen molar-refractivity contribution in [3.63, 3.8) is 0 Å². The summed E-state index contributed by atoms with van der Waals surface area (Å²) >= 11 is 0. The maximum absolute atomic E-state index is 12.5. The van der Waals surface area contributed by atoms with Crippen LogP contribution in [-0.2, 0) is 24.1 Å². The van der Waals surface area contributed by atoms with Gasteiger partial charge in [-0.3, -0.25) is 9.69 Å². The van der Waals surface area contributed by atoms with Crippen molar-refractivity contribution in [2.24, 2.45) is 0 Å². The number of hydrogen-bond donors (Lipinski definition) is 0. The molecule has 3 aliphatic heterocycles. The van der Waals surface area contributed by atoms with Crippen LogP contribution in [0.4, 0.5) is 11.5 Å². The lowest BCUT2D eigenvalue weighted by molar-refractivity contribution is -0.128. The Morgan fingerprint density at radius 3 is 2.83 bits per heavy atom. The molecule has 4 heterocycles. The predicted molar refractivity (Wildman–Crippen MR) is 164 cm³/mol. The molecule has 2 aromatic rings. The number of amides is 1. The number of ether oxygens (including phenoxy) is 1. The number of nitrogens with zero attached hydrogens (tertiary/aromatic N) is 7. The van der Waals surface area contributed by atoms with Gasteiger partial charge in [0.05, 0.1) is 24.2 Å². The van der Waals surface area contributed by atoms with E-state index in [0.29, 0.717) is 44.3 Å². The molecule has 2 saturated heterocycles. The van der Waals surface area contributed by atoms with Crippen molar-refractivity contribution in [1.29, 1.82) is 5.26 Å². The second-order valence-electron chi connectivity index (χ2n) is 12.0. The molecule has 1 aromatic carbocycles. The summed E-state index contributed by atoms with van der Waals surface area (Å²) in [6.45, 7) is 11.4. The minimum Gasteiger partial charge on any atom is -0.462 e. The lowest BCUT2D eigenvalue weighted by Crippen LogP contribution is -2.55. The number of carbonyl (C=O) groups excluding carboxylic acids is 1. The number of piperazine rings is 1. The quantitative estimate of drug-likeness (QED) is 0.444. The minimum absolute atomic E-state index is 0.120. The predicted octanol–water partition coefficient (Wildman–Crippen LogP) is 3.77. The first-order valence-corrected chi connectivity index (χ1v) is 15.8. The molecule has 0 radical (unpaired) electrons. The summed E-state index contributed by atoms with van der Waals surface area (Å²) in [5.41, 5.74) is 5.08. The van der Waals surface area contributed by atoms with E-state index in [2.05, 4.69) is 58.5 Å². The number of aromatic nitrogens is 2. The van der Waals surface area contributed by atoms with Crippen LogP contribution >= 0.6 is 0 Å². The average Bonchev–Trinajstić information content (AvgIpc) is 3.50. The van der Waals surface area contributed by atoms with Gasteiger partial charge < -0.3 is 19.4 Å². The maximum atomic E-state index is 12.5. The van der Waals surface area contributed by atoms with Gasteiger partial charge in [0.15, 0.2) is 0 Å². The summed E-state index contributed by atoms with van der Waals surface area (Å²) in [7, 11) is 0. The van der Waals surface area contributed by atoms with Gasteiger partial charge in [0.25, 0.3) is 0 Å². The fraction of sp³-hybridized carbons (Fsp3) is 0.576. The van der Waals surface area contributed by atoms with E-state index in [1.165, 1.54) is 35.7 Å². The second-order valence-corrected chi connectivity index (χ2v) is 12.0. The molecule has 222 valence electrons. The number of hydrogen-bond acceptors (Lipinski definition) is 8. The third-order valence-electron chi connectivity index (χ3n) is 9.67. The molecule has 42 heavy (non-hydrogen) atoms. The van der Waals surface area contributed by atoms with Gasteiger partial charge in [-0.05, 0) is 69.3 Å². The van der Waals surface area contributed by atoms with Crippen LogP contribution in [0.5, 0.6) is 6.01 Å². The Morgan fingerprint density at radius 2 is 2.00 bits per heavy atom. The molecule has 2 fully saturated rings. The van der Waals surface area contributed by atoms with Crippen molar-refractivity contribution in [3.8, 4) is 12.1 Å². The van der Waals surface area contributed by atoms with E-state index in [9.17, 15) is 10.1 Å². The van der Waals surface area contributed by atoms with Crippen LogP contribution < -0.4 is 14.5 Å². The average molecular weight is 570 g/mol. The first-order chi connectivity index (χ1) is 20.6. The number of anilines is 2. The van der Waals surface area contributed by atoms with Crippen molar-refractivity contribution >= 4 is 17.4 Å². The van der Waals surface area contributed by atoms with Crippen LogP contribution in [0.3, 0.4) is 0 Å². The largest absolute Gasteiger partial charge is 0.462 e. The zero-order chi connectivity index (χ0) is 29.1. The maximum Gasteiger partial charge on any atom is 0.318 e. The molecule has 3 atom stereocenters. The minimum atomic E-state index is -0.206. The van der Waals surface area contributed by atoms with E-state index >= 15 is 0 Å². The Hall–Kier alpha value is -3.64. The van der Waals surface area contributed by atoms with Crippen molar-refractivity contribution in [2.45, 2.75) is 76.4 Å². The monoisotopic (exact) mass is 569 g/mol. The number of likely N-dealkylation sites (tertiary alicyclic amines) is 1. The summed E-state index contributed by atoms with van der Waals surface area (Å²) < 4.78 is 6.37. The Morgan fingerprint density at radius 1 is 1.12 bits per heavy atom. The van der Waals surface area contributed by atoms with Crippen LogP contribution in [0.15, 0.2) is 36.9 Å². The van der Waals surface area contributed by atoms with Gasteiger partial charge in [0.1, 0.15) is 12.4 Å². The van der Waals surface area contributed by atoms with E-state index in [1.54, 1.807) is 4.90 Å². The highest BCUT2D eigenvalue weighted by Crippen LogP contribution is 2.37. The van der Waals surface area contributed by atoms with Gasteiger partial charge >= 0.3 is 6.01 Å². The second kappa shape index (κ2) is 12.7. The molecule has 0 spiro atoms. The summed E-state index contributed by atoms with van der Waals surface area (Å²) in [4.78, 5) is 31.8. The van der Waals surface area contributed by atoms with E-state index in [1.807, 2.05) is 0 Å². The molecule has 4 aliphatic rings. The number of aryl methyl sites for hydroxylation is 1. The Labute approximate surface area is 249 Å². The Kier molecular flexibility index (Phi) is 8.61. The SMILES string of the molecule is C=CC(=O)N1CCN(c2nc(OC[C@@H]3CCCN3CC)nc3c2CC[C@@H](N2CCCc4ccccc42)C3)C[C@@H]1CC#N. The van der Waals surface area contributed by atoms with Crippen molar-refractivity contribution in [1.82, 2.24) is 19.8 Å². The highest BCUT2D eigenvalue weighted by Gasteiger charge is 2.35. The molecule has 9 nitrogen and oxygen atoms in total. The van der Waals surface area contributed by atoms with E-state index in [-0.39, 0.29) is 18.4 Å². The third-order valence-corrected chi connectivity index (χ3v) is 9.67. The molecule has 6 rings (SSSR count). The van der Waals surface area contributed by atoms with Crippen LogP contribution in [0.2, 0.25) is 0 Å². The molecule has 1 aliphatic carbocycles. The number of benzene rings is 1. The number of nitriles is 1. The standard InChI is InChI=1S/C33H43N7O2/c1-3-31(41)40-20-19-38(22-26(40)15-16-34)32-28-14-13-25(39-18-7-10-24-9-5-6-12-30(24)39)21-29(28)35-33(36-32)42-23-27-11-8-17-37(27)4-2/h3,5-6,9,12,25-27H,1,4,7-8,10-11,13-15,17-23H2,2H3/t25-,26+,27+/m1/s1. The van der Waals surface area contributed by atoms with E-state index in [4.69, 9.17) is 14.7 Å². The molecular formula is C33H43N7O2. The summed E-state index contributed by atoms with van der Waals surface area (Å²) in [6.07, 6.45) is 9.07. The van der Waals surface area contributed by atoms with Crippen LogP contribution in [0.25, 0.3) is 0 Å². The summed E-state index contributed by atoms with van der Waals surface area (Å²) in [6, 6.07) is 12.1. The molecule has 0 saturated carbocycles. The van der Waals surface area contributed by atoms with Crippen LogP contribution in [0.1, 0.15) is 55.8 Å². The topological polar surface area (TPSA) is 88.8 Å². The highest BCUT2D eigenvalue weighted by molar-refractivity contribution is 5.87. The van der Waals surface area contributed by atoms with Gasteiger partial charge in [-0.1, -0.05) is 31.7 Å². The first-order valence-electron chi connectivity index (χ1n) is 15.8. The number of para-hydroxylation sites is 1. The van der Waals surface area contributed by atoms with E-state index in [0.717, 1.165) is 63.3 Å². The normalized spacial score (nSPS) is 24.1. The number of rotatable bonds is 8. The summed E-state index contributed by atoms with van der Waals surface area (Å²) in [5.74, 6) is 0.797.